The van der Waals surface area contributed by atoms with Crippen LogP contribution in [0.25, 0.3) is 0 Å². The Morgan fingerprint density at radius 2 is 0.684 bits per heavy atom. The molecule has 0 atom stereocenters. The lowest BCUT2D eigenvalue weighted by Gasteiger charge is -2.36. The predicted octanol–water partition coefficient (Wildman–Crippen LogP) is 9.40. The van der Waals surface area contributed by atoms with Gasteiger partial charge in [0.1, 0.15) is 0 Å². The largest absolute Gasteiger partial charge is 0.362 e. The first kappa shape index (κ1) is 30.2. The summed E-state index contributed by atoms with van der Waals surface area (Å²) >= 11 is 0. The van der Waals surface area contributed by atoms with Gasteiger partial charge in [-0.3, -0.25) is 0 Å². The monoisotopic (exact) mass is 509 g/mol. The van der Waals surface area contributed by atoms with Gasteiger partial charge in [0.05, 0.1) is 0 Å². The summed E-state index contributed by atoms with van der Waals surface area (Å²) in [5.74, 6) is 0. The van der Waals surface area contributed by atoms with E-state index in [2.05, 4.69) is 104 Å². The summed E-state index contributed by atoms with van der Waals surface area (Å²) in [5, 5.41) is 3.24. The highest BCUT2D eigenvalue weighted by Gasteiger charge is 2.35. The Kier molecular flexibility index (Phi) is 15.0. The van der Waals surface area contributed by atoms with E-state index in [9.17, 15) is 0 Å². The number of hydrogen-bond acceptors (Lipinski definition) is 1. The normalized spacial score (nSPS) is 11.6. The molecule has 0 saturated carbocycles. The summed E-state index contributed by atoms with van der Waals surface area (Å²) in [7, 11) is 2.05. The zero-order valence-electron chi connectivity index (χ0n) is 24.2. The van der Waals surface area contributed by atoms with Gasteiger partial charge < -0.3 is 5.23 Å². The summed E-state index contributed by atoms with van der Waals surface area (Å²) < 4.78 is 0. The standard InChI is InChI=1S/C36H52BN/c37-38-32-24-13-11-9-7-5-3-1-2-4-6-8-10-12-23-31-36(33-25-17-14-18-26-33,34-27-19-15-20-28-34)35-29-21-16-22-30-35/h14-22,25-30,38H,1-13,23-24,31-32,37H2. The van der Waals surface area contributed by atoms with Crippen LogP contribution in [-0.4, -0.2) is 14.5 Å². The Bertz CT molecular complexity index is 844. The zero-order chi connectivity index (χ0) is 26.6. The molecule has 0 spiro atoms. The molecule has 204 valence electrons. The topological polar surface area (TPSA) is 12.0 Å². The van der Waals surface area contributed by atoms with Crippen LogP contribution in [0, 0.1) is 0 Å². The van der Waals surface area contributed by atoms with Crippen molar-refractivity contribution in [3.8, 4) is 0 Å². The van der Waals surface area contributed by atoms with Crippen LogP contribution in [0.4, 0.5) is 0 Å². The molecule has 0 radical (unpaired) electrons. The molecule has 0 bridgehead atoms. The molecular weight excluding hydrogens is 457 g/mol. The minimum absolute atomic E-state index is 0.0868. The highest BCUT2D eigenvalue weighted by atomic mass is 14.7. The first-order chi connectivity index (χ1) is 18.9. The van der Waals surface area contributed by atoms with E-state index >= 15 is 0 Å². The van der Waals surface area contributed by atoms with Gasteiger partial charge in [-0.2, -0.15) is 0 Å². The number of unbranched alkanes of at least 4 members (excludes halogenated alkanes) is 14. The van der Waals surface area contributed by atoms with E-state index in [0.29, 0.717) is 0 Å². The van der Waals surface area contributed by atoms with E-state index in [-0.39, 0.29) is 5.41 Å². The van der Waals surface area contributed by atoms with Crippen LogP contribution in [0.3, 0.4) is 0 Å². The van der Waals surface area contributed by atoms with Crippen molar-refractivity contribution in [1.29, 1.82) is 0 Å². The van der Waals surface area contributed by atoms with Gasteiger partial charge >= 0.3 is 0 Å². The maximum Gasteiger partial charge on any atom is 0.181 e. The second kappa shape index (κ2) is 18.9. The van der Waals surface area contributed by atoms with Crippen LogP contribution in [0.2, 0.25) is 0 Å². The van der Waals surface area contributed by atoms with Crippen molar-refractivity contribution in [2.75, 3.05) is 6.54 Å². The van der Waals surface area contributed by atoms with Crippen LogP contribution < -0.4 is 5.23 Å². The molecule has 1 nitrogen and oxygen atoms in total. The van der Waals surface area contributed by atoms with Crippen molar-refractivity contribution in [3.63, 3.8) is 0 Å². The summed E-state index contributed by atoms with van der Waals surface area (Å²) in [5.41, 5.74) is 4.14. The Labute approximate surface area is 235 Å². The maximum absolute atomic E-state index is 3.24. The van der Waals surface area contributed by atoms with Crippen molar-refractivity contribution in [2.45, 2.75) is 108 Å². The van der Waals surface area contributed by atoms with Gasteiger partial charge in [0, 0.05) is 5.41 Å². The van der Waals surface area contributed by atoms with Crippen molar-refractivity contribution < 1.29 is 0 Å². The van der Waals surface area contributed by atoms with Crippen LogP contribution in [0.5, 0.6) is 0 Å². The minimum Gasteiger partial charge on any atom is -0.362 e. The molecule has 0 heterocycles. The molecule has 1 N–H and O–H groups in total. The molecule has 3 rings (SSSR count). The van der Waals surface area contributed by atoms with Gasteiger partial charge in [0.25, 0.3) is 0 Å². The van der Waals surface area contributed by atoms with E-state index in [4.69, 9.17) is 0 Å². The molecule has 3 aromatic rings. The number of hydrogen-bond donors (Lipinski definition) is 1. The molecule has 0 fully saturated rings. The summed E-state index contributed by atoms with van der Waals surface area (Å²) in [6, 6.07) is 33.5. The van der Waals surface area contributed by atoms with E-state index in [1.165, 1.54) is 120 Å². The molecule has 0 amide bonds. The Hall–Kier alpha value is -2.32. The van der Waals surface area contributed by atoms with Crippen LogP contribution in [0.15, 0.2) is 91.0 Å². The summed E-state index contributed by atoms with van der Waals surface area (Å²) in [6.45, 7) is 1.18. The zero-order valence-corrected chi connectivity index (χ0v) is 24.2. The minimum atomic E-state index is -0.0868. The van der Waals surface area contributed by atoms with Crippen molar-refractivity contribution in [1.82, 2.24) is 5.23 Å². The average molecular weight is 510 g/mol. The fourth-order valence-electron chi connectivity index (χ4n) is 6.09. The average Bonchev–Trinajstić information content (AvgIpc) is 2.98. The second-order valence-electron chi connectivity index (χ2n) is 11.2. The smallest absolute Gasteiger partial charge is 0.181 e. The molecule has 0 aliphatic rings. The first-order valence-corrected chi connectivity index (χ1v) is 15.7. The van der Waals surface area contributed by atoms with Gasteiger partial charge in [-0.25, -0.2) is 0 Å². The molecule has 38 heavy (non-hydrogen) atoms. The van der Waals surface area contributed by atoms with Crippen molar-refractivity contribution in [2.24, 2.45) is 0 Å². The summed E-state index contributed by atoms with van der Waals surface area (Å²) in [4.78, 5) is 0. The van der Waals surface area contributed by atoms with E-state index in [1.807, 2.05) is 0 Å². The van der Waals surface area contributed by atoms with Gasteiger partial charge in [-0.15, -0.1) is 0 Å². The molecule has 0 aliphatic carbocycles. The molecule has 0 unspecified atom stereocenters. The molecule has 0 saturated heterocycles. The van der Waals surface area contributed by atoms with Crippen LogP contribution >= 0.6 is 0 Å². The lowest BCUT2D eigenvalue weighted by atomic mass is 9.66. The third kappa shape index (κ3) is 10.1. The number of nitrogens with one attached hydrogen (secondary N) is 1. The molecule has 3 aromatic carbocycles. The lowest BCUT2D eigenvalue weighted by Crippen LogP contribution is -2.29. The van der Waals surface area contributed by atoms with E-state index in [0.717, 1.165) is 6.42 Å². The van der Waals surface area contributed by atoms with Crippen LogP contribution in [0.1, 0.15) is 119 Å². The highest BCUT2D eigenvalue weighted by molar-refractivity contribution is 6.04. The first-order valence-electron chi connectivity index (χ1n) is 15.7. The third-order valence-electron chi connectivity index (χ3n) is 8.28. The molecule has 2 heteroatoms. The van der Waals surface area contributed by atoms with Gasteiger partial charge in [-0.1, -0.05) is 181 Å². The number of rotatable bonds is 21. The van der Waals surface area contributed by atoms with E-state index < -0.39 is 0 Å². The Morgan fingerprint density at radius 3 is 1.00 bits per heavy atom. The highest BCUT2D eigenvalue weighted by Crippen LogP contribution is 2.43. The quantitative estimate of drug-likeness (QED) is 0.0857. The fourth-order valence-corrected chi connectivity index (χ4v) is 6.09. The molecule has 0 aromatic heterocycles. The maximum atomic E-state index is 3.24. The fraction of sp³-hybridized carbons (Fsp3) is 0.500. The van der Waals surface area contributed by atoms with E-state index in [1.54, 1.807) is 0 Å². The van der Waals surface area contributed by atoms with Crippen LogP contribution in [-0.2, 0) is 5.41 Å². The summed E-state index contributed by atoms with van der Waals surface area (Å²) in [6.07, 6.45) is 22.1. The van der Waals surface area contributed by atoms with Gasteiger partial charge in [0.2, 0.25) is 0 Å². The Morgan fingerprint density at radius 1 is 0.395 bits per heavy atom. The van der Waals surface area contributed by atoms with Gasteiger partial charge in [0.15, 0.2) is 7.98 Å². The SMILES string of the molecule is BNCCCCCCCCCCCCCCCCCC(c1ccccc1)(c1ccccc1)c1ccccc1. The Balaban J connectivity index is 1.38. The number of benzene rings is 3. The lowest BCUT2D eigenvalue weighted by molar-refractivity contribution is 0.491. The van der Waals surface area contributed by atoms with Gasteiger partial charge in [-0.05, 0) is 36.1 Å². The van der Waals surface area contributed by atoms with Crippen molar-refractivity contribution >= 4 is 7.98 Å². The predicted molar refractivity (Wildman–Crippen MR) is 170 cm³/mol. The van der Waals surface area contributed by atoms with Crippen molar-refractivity contribution in [3.05, 3.63) is 108 Å². The molecular formula is C36H52BN. The second-order valence-corrected chi connectivity index (χ2v) is 11.2. The third-order valence-corrected chi connectivity index (χ3v) is 8.28. The molecule has 0 aliphatic heterocycles.